The minimum Gasteiger partial charge on any atom is -0.304 e. The Bertz CT molecular complexity index is 43.8. The molecule has 0 aliphatic rings. The number of hydrogen-bond donors (Lipinski definition) is 0. The van der Waals surface area contributed by atoms with E-state index in [0.717, 1.165) is 0 Å². The molecule has 0 aromatic heterocycles. The van der Waals surface area contributed by atoms with E-state index in [9.17, 15) is 0 Å². The molecular weight excluding hydrogens is 114 g/mol. The molecule has 0 spiro atoms. The fourth-order valence-corrected chi connectivity index (χ4v) is 1.49. The number of rotatable bonds is 4. The fraction of sp³-hybridized carbons (Fsp3) is 1.00. The van der Waals surface area contributed by atoms with Crippen LogP contribution in [0.5, 0.6) is 0 Å². The Kier molecular flexibility index (Phi) is 5.43. The van der Waals surface area contributed by atoms with E-state index < -0.39 is 0 Å². The first-order valence-electron chi connectivity index (χ1n) is 3.57. The van der Waals surface area contributed by atoms with Crippen molar-refractivity contribution in [2.75, 3.05) is 19.6 Å². The van der Waals surface area contributed by atoms with E-state index in [1.165, 1.54) is 35.9 Å². The zero-order valence-corrected chi connectivity index (χ0v) is 8.28. The summed E-state index contributed by atoms with van der Waals surface area (Å²) in [6, 6.07) is 1.42. The molecule has 0 heterocycles. The predicted molar refractivity (Wildman–Crippen MR) is 42.5 cm³/mol. The van der Waals surface area contributed by atoms with Crippen LogP contribution < -0.4 is 0 Å². The molecule has 2 heteroatoms. The lowest BCUT2D eigenvalue weighted by molar-refractivity contribution is 0.321. The summed E-state index contributed by atoms with van der Waals surface area (Å²) in [4.78, 5) is 2.47. The maximum atomic E-state index is 2.47. The van der Waals surface area contributed by atoms with Crippen LogP contribution in [0.1, 0.15) is 13.8 Å². The van der Waals surface area contributed by atoms with Crippen molar-refractivity contribution in [2.24, 2.45) is 0 Å². The SMILES string of the molecule is CCN(CC)CC[SiH3]. The van der Waals surface area contributed by atoms with Crippen molar-refractivity contribution in [1.29, 1.82) is 0 Å². The predicted octanol–water partition coefficient (Wildman–Crippen LogP) is 0.112. The van der Waals surface area contributed by atoms with Crippen molar-refractivity contribution in [3.05, 3.63) is 0 Å². The summed E-state index contributed by atoms with van der Waals surface area (Å²) < 4.78 is 0. The summed E-state index contributed by atoms with van der Waals surface area (Å²) in [6.45, 7) is 8.21. The smallest absolute Gasteiger partial charge is 0.00442 e. The molecule has 0 aromatic carbocycles. The van der Waals surface area contributed by atoms with Gasteiger partial charge in [-0.1, -0.05) is 19.9 Å². The molecule has 0 aliphatic carbocycles. The second-order valence-corrected chi connectivity index (χ2v) is 3.03. The van der Waals surface area contributed by atoms with Crippen molar-refractivity contribution in [2.45, 2.75) is 19.9 Å². The maximum absolute atomic E-state index is 2.47. The van der Waals surface area contributed by atoms with Crippen LogP contribution in [0.2, 0.25) is 6.04 Å². The average molecular weight is 131 g/mol. The molecule has 0 radical (unpaired) electrons. The lowest BCUT2D eigenvalue weighted by Gasteiger charge is -2.15. The molecule has 0 unspecified atom stereocenters. The van der Waals surface area contributed by atoms with Gasteiger partial charge in [0.2, 0.25) is 0 Å². The highest BCUT2D eigenvalue weighted by atomic mass is 28.1. The normalized spacial score (nSPS) is 10.9. The Labute approximate surface area is 55.5 Å². The molecule has 0 saturated carbocycles. The molecule has 0 aliphatic heterocycles. The van der Waals surface area contributed by atoms with Crippen molar-refractivity contribution in [3.63, 3.8) is 0 Å². The zero-order valence-electron chi connectivity index (χ0n) is 6.28. The van der Waals surface area contributed by atoms with Gasteiger partial charge in [0.15, 0.2) is 0 Å². The molecule has 0 amide bonds. The van der Waals surface area contributed by atoms with E-state index in [-0.39, 0.29) is 0 Å². The Morgan fingerprint density at radius 3 is 1.88 bits per heavy atom. The minimum atomic E-state index is 1.22. The summed E-state index contributed by atoms with van der Waals surface area (Å²) in [6.07, 6.45) is 0. The van der Waals surface area contributed by atoms with E-state index in [4.69, 9.17) is 0 Å². The topological polar surface area (TPSA) is 3.24 Å². The monoisotopic (exact) mass is 131 g/mol. The molecule has 0 atom stereocenters. The van der Waals surface area contributed by atoms with Crippen molar-refractivity contribution >= 4 is 10.2 Å². The molecule has 0 rings (SSSR count). The van der Waals surface area contributed by atoms with Gasteiger partial charge in [-0.2, -0.15) is 0 Å². The Morgan fingerprint density at radius 2 is 1.75 bits per heavy atom. The van der Waals surface area contributed by atoms with Crippen molar-refractivity contribution in [3.8, 4) is 0 Å². The van der Waals surface area contributed by atoms with E-state index in [0.29, 0.717) is 0 Å². The molecule has 8 heavy (non-hydrogen) atoms. The van der Waals surface area contributed by atoms with Crippen LogP contribution in [0.15, 0.2) is 0 Å². The van der Waals surface area contributed by atoms with Gasteiger partial charge in [-0.3, -0.25) is 0 Å². The van der Waals surface area contributed by atoms with Crippen molar-refractivity contribution < 1.29 is 0 Å². The lowest BCUT2D eigenvalue weighted by Crippen LogP contribution is -2.23. The third-order valence-electron chi connectivity index (χ3n) is 1.43. The van der Waals surface area contributed by atoms with Gasteiger partial charge >= 0.3 is 0 Å². The highest BCUT2D eigenvalue weighted by Gasteiger charge is 1.92. The van der Waals surface area contributed by atoms with Crippen LogP contribution in [-0.2, 0) is 0 Å². The van der Waals surface area contributed by atoms with E-state index >= 15 is 0 Å². The minimum absolute atomic E-state index is 1.22. The standard InChI is InChI=1S/C6H17NSi/c1-3-7(4-2)5-6-8/h3-6H2,1-2,8H3. The summed E-state index contributed by atoms with van der Waals surface area (Å²) in [5.74, 6) is 0. The molecule has 0 bridgehead atoms. The third kappa shape index (κ3) is 3.21. The summed E-state index contributed by atoms with van der Waals surface area (Å²) in [5.41, 5.74) is 0. The molecule has 0 N–H and O–H groups in total. The molecular formula is C6H17NSi. The molecule has 0 aromatic rings. The second-order valence-electron chi connectivity index (χ2n) is 2.03. The van der Waals surface area contributed by atoms with Crippen LogP contribution in [0, 0.1) is 0 Å². The fourth-order valence-electron chi connectivity index (χ4n) is 0.856. The third-order valence-corrected chi connectivity index (χ3v) is 1.88. The summed E-state index contributed by atoms with van der Waals surface area (Å²) >= 11 is 0. The van der Waals surface area contributed by atoms with E-state index in [1.807, 2.05) is 0 Å². The first kappa shape index (κ1) is 8.18. The lowest BCUT2D eigenvalue weighted by atomic mass is 10.5. The summed E-state index contributed by atoms with van der Waals surface area (Å²) in [5, 5.41) is 0. The zero-order chi connectivity index (χ0) is 6.41. The van der Waals surface area contributed by atoms with Crippen LogP contribution in [-0.4, -0.2) is 34.8 Å². The Morgan fingerprint density at radius 1 is 1.25 bits per heavy atom. The van der Waals surface area contributed by atoms with Gasteiger partial charge in [-0.25, -0.2) is 0 Å². The van der Waals surface area contributed by atoms with Gasteiger partial charge < -0.3 is 4.90 Å². The Balaban J connectivity index is 3.07. The van der Waals surface area contributed by atoms with Gasteiger partial charge in [-0.15, -0.1) is 0 Å². The van der Waals surface area contributed by atoms with Gasteiger partial charge in [0.25, 0.3) is 0 Å². The van der Waals surface area contributed by atoms with Crippen LogP contribution in [0.25, 0.3) is 0 Å². The molecule has 0 saturated heterocycles. The number of hydrogen-bond acceptors (Lipinski definition) is 1. The van der Waals surface area contributed by atoms with Crippen molar-refractivity contribution in [1.82, 2.24) is 4.90 Å². The van der Waals surface area contributed by atoms with Gasteiger partial charge in [-0.05, 0) is 19.6 Å². The molecule has 50 valence electrons. The Hall–Kier alpha value is 0.177. The number of nitrogens with zero attached hydrogens (tertiary/aromatic N) is 1. The first-order valence-corrected chi connectivity index (χ1v) is 4.98. The largest absolute Gasteiger partial charge is 0.304 e. The van der Waals surface area contributed by atoms with E-state index in [2.05, 4.69) is 18.7 Å². The highest BCUT2D eigenvalue weighted by Crippen LogP contribution is 1.86. The second kappa shape index (κ2) is 5.32. The van der Waals surface area contributed by atoms with Crippen LogP contribution in [0.3, 0.4) is 0 Å². The quantitative estimate of drug-likeness (QED) is 0.490. The summed E-state index contributed by atoms with van der Waals surface area (Å²) in [7, 11) is 1.35. The van der Waals surface area contributed by atoms with Crippen LogP contribution >= 0.6 is 0 Å². The van der Waals surface area contributed by atoms with Gasteiger partial charge in [0, 0.05) is 10.2 Å². The highest BCUT2D eigenvalue weighted by molar-refractivity contribution is 6.08. The van der Waals surface area contributed by atoms with Gasteiger partial charge in [0.05, 0.1) is 0 Å². The van der Waals surface area contributed by atoms with E-state index in [1.54, 1.807) is 0 Å². The molecule has 0 fully saturated rings. The van der Waals surface area contributed by atoms with Gasteiger partial charge in [0.1, 0.15) is 0 Å². The molecule has 1 nitrogen and oxygen atoms in total. The maximum Gasteiger partial charge on any atom is 0.00442 e. The average Bonchev–Trinajstić information content (AvgIpc) is 1.83. The first-order chi connectivity index (χ1) is 3.85. The van der Waals surface area contributed by atoms with Crippen LogP contribution in [0.4, 0.5) is 0 Å².